The molecule has 0 unspecified atom stereocenters. The summed E-state index contributed by atoms with van der Waals surface area (Å²) in [6.07, 6.45) is 0.979. The van der Waals surface area contributed by atoms with Crippen LogP contribution >= 0.6 is 11.3 Å². The van der Waals surface area contributed by atoms with Crippen LogP contribution in [0.15, 0.2) is 17.5 Å². The molecule has 0 amide bonds. The fraction of sp³-hybridized carbons (Fsp3) is 0.471. The molecule has 0 bridgehead atoms. The molecule has 1 heterocycles. The van der Waals surface area contributed by atoms with Gasteiger partial charge in [-0.2, -0.15) is 0 Å². The highest BCUT2D eigenvalue weighted by atomic mass is 32.1. The van der Waals surface area contributed by atoms with Crippen molar-refractivity contribution >= 4 is 11.3 Å². The molecule has 0 spiro atoms. The van der Waals surface area contributed by atoms with Gasteiger partial charge < -0.3 is 19.5 Å². The highest BCUT2D eigenvalue weighted by Crippen LogP contribution is 2.39. The number of hydrogen-bond acceptors (Lipinski definition) is 6. The zero-order valence-corrected chi connectivity index (χ0v) is 15.1. The Labute approximate surface area is 141 Å². The van der Waals surface area contributed by atoms with E-state index in [2.05, 4.69) is 29.5 Å². The quantitative estimate of drug-likeness (QED) is 0.798. The van der Waals surface area contributed by atoms with Crippen LogP contribution in [-0.2, 0) is 13.0 Å². The Morgan fingerprint density at radius 1 is 1.13 bits per heavy atom. The molecule has 1 aromatic heterocycles. The average Bonchev–Trinajstić information content (AvgIpc) is 3.06. The fourth-order valence-corrected chi connectivity index (χ4v) is 3.06. The molecule has 0 aliphatic heterocycles. The second-order valence-corrected chi connectivity index (χ2v) is 6.09. The largest absolute Gasteiger partial charge is 0.493 e. The summed E-state index contributed by atoms with van der Waals surface area (Å²) in [6, 6.07) is 4.07. The Morgan fingerprint density at radius 2 is 1.78 bits per heavy atom. The Morgan fingerprint density at radius 3 is 2.26 bits per heavy atom. The van der Waals surface area contributed by atoms with E-state index in [9.17, 15) is 0 Å². The number of methoxy groups -OCH3 is 3. The van der Waals surface area contributed by atoms with Gasteiger partial charge in [-0.1, -0.05) is 6.92 Å². The van der Waals surface area contributed by atoms with Crippen molar-refractivity contribution < 1.29 is 14.2 Å². The standard InChI is InChI=1S/C17H24N2O3S/c1-6-16-19-13(10-23-16)9-18-11(2)12-7-14(20-3)17(22-5)15(8-12)21-4/h7-8,10-11,18H,6,9H2,1-5H3/t11-/m0/s1. The van der Waals surface area contributed by atoms with Crippen LogP contribution in [0.5, 0.6) is 17.2 Å². The highest BCUT2D eigenvalue weighted by Gasteiger charge is 2.16. The summed E-state index contributed by atoms with van der Waals surface area (Å²) in [5.74, 6) is 1.94. The molecule has 23 heavy (non-hydrogen) atoms. The third-order valence-electron chi connectivity index (χ3n) is 3.68. The maximum atomic E-state index is 5.41. The van der Waals surface area contributed by atoms with E-state index >= 15 is 0 Å². The van der Waals surface area contributed by atoms with Crippen LogP contribution in [0.2, 0.25) is 0 Å². The Bertz CT molecular complexity index is 618. The first-order valence-corrected chi connectivity index (χ1v) is 8.47. The minimum absolute atomic E-state index is 0.135. The van der Waals surface area contributed by atoms with E-state index in [0.29, 0.717) is 17.2 Å². The molecule has 5 nitrogen and oxygen atoms in total. The summed E-state index contributed by atoms with van der Waals surface area (Å²) in [7, 11) is 4.86. The molecule has 1 atom stereocenters. The van der Waals surface area contributed by atoms with Gasteiger partial charge in [0.1, 0.15) is 0 Å². The monoisotopic (exact) mass is 336 g/mol. The lowest BCUT2D eigenvalue weighted by Gasteiger charge is -2.18. The maximum absolute atomic E-state index is 5.41. The van der Waals surface area contributed by atoms with Gasteiger partial charge in [0.05, 0.1) is 32.0 Å². The summed E-state index contributed by atoms with van der Waals surface area (Å²) in [4.78, 5) is 4.58. The van der Waals surface area contributed by atoms with Gasteiger partial charge in [0.25, 0.3) is 0 Å². The Hall–Kier alpha value is -1.79. The minimum atomic E-state index is 0.135. The first-order chi connectivity index (χ1) is 11.1. The molecule has 0 radical (unpaired) electrons. The van der Waals surface area contributed by atoms with E-state index < -0.39 is 0 Å². The van der Waals surface area contributed by atoms with Crippen LogP contribution in [0.4, 0.5) is 0 Å². The zero-order chi connectivity index (χ0) is 16.8. The first kappa shape index (κ1) is 17.6. The molecule has 1 aromatic carbocycles. The summed E-state index contributed by atoms with van der Waals surface area (Å²) < 4.78 is 16.2. The van der Waals surface area contributed by atoms with Crippen LogP contribution in [0.3, 0.4) is 0 Å². The smallest absolute Gasteiger partial charge is 0.203 e. The van der Waals surface area contributed by atoms with Crippen LogP contribution < -0.4 is 19.5 Å². The lowest BCUT2D eigenvalue weighted by molar-refractivity contribution is 0.323. The molecule has 2 aromatic rings. The minimum Gasteiger partial charge on any atom is -0.493 e. The maximum Gasteiger partial charge on any atom is 0.203 e. The molecular formula is C17H24N2O3S. The SMILES string of the molecule is CCc1nc(CN[C@@H](C)c2cc(OC)c(OC)c(OC)c2)cs1. The van der Waals surface area contributed by atoms with Crippen molar-refractivity contribution in [1.29, 1.82) is 0 Å². The van der Waals surface area contributed by atoms with Gasteiger partial charge in [-0.25, -0.2) is 4.98 Å². The molecule has 1 N–H and O–H groups in total. The van der Waals surface area contributed by atoms with E-state index in [4.69, 9.17) is 14.2 Å². The molecule has 126 valence electrons. The van der Waals surface area contributed by atoms with Gasteiger partial charge >= 0.3 is 0 Å². The van der Waals surface area contributed by atoms with Gasteiger partial charge in [-0.05, 0) is 31.0 Å². The van der Waals surface area contributed by atoms with Crippen LogP contribution in [0.1, 0.15) is 36.2 Å². The summed E-state index contributed by atoms with van der Waals surface area (Å²) in [6.45, 7) is 4.96. The predicted molar refractivity (Wildman–Crippen MR) is 92.8 cm³/mol. The number of rotatable bonds is 8. The van der Waals surface area contributed by atoms with E-state index in [1.54, 1.807) is 32.7 Å². The van der Waals surface area contributed by atoms with Gasteiger partial charge in [-0.15, -0.1) is 11.3 Å². The average molecular weight is 336 g/mol. The number of nitrogens with one attached hydrogen (secondary N) is 1. The number of aromatic nitrogens is 1. The highest BCUT2D eigenvalue weighted by molar-refractivity contribution is 7.09. The van der Waals surface area contributed by atoms with E-state index in [-0.39, 0.29) is 6.04 Å². The van der Waals surface area contributed by atoms with Crippen molar-refractivity contribution in [2.24, 2.45) is 0 Å². The summed E-state index contributed by atoms with van der Waals surface area (Å²) in [5, 5.41) is 6.76. The van der Waals surface area contributed by atoms with Crippen molar-refractivity contribution in [3.8, 4) is 17.2 Å². The molecule has 0 saturated carbocycles. The van der Waals surface area contributed by atoms with E-state index in [1.807, 2.05) is 12.1 Å². The Balaban J connectivity index is 2.13. The summed E-state index contributed by atoms with van der Waals surface area (Å²) >= 11 is 1.71. The number of thiazole rings is 1. The normalized spacial score (nSPS) is 12.0. The van der Waals surface area contributed by atoms with Gasteiger partial charge in [-0.3, -0.25) is 0 Å². The number of hydrogen-bond donors (Lipinski definition) is 1. The van der Waals surface area contributed by atoms with Gasteiger partial charge in [0.2, 0.25) is 5.75 Å². The van der Waals surface area contributed by atoms with Crippen LogP contribution in [0.25, 0.3) is 0 Å². The van der Waals surface area contributed by atoms with E-state index in [0.717, 1.165) is 24.2 Å². The Kier molecular flexibility index (Phi) is 6.24. The lowest BCUT2D eigenvalue weighted by atomic mass is 10.1. The number of nitrogens with zero attached hydrogens (tertiary/aromatic N) is 1. The second kappa shape index (κ2) is 8.17. The second-order valence-electron chi connectivity index (χ2n) is 5.15. The molecule has 0 aliphatic rings. The fourth-order valence-electron chi connectivity index (χ4n) is 2.32. The molecule has 6 heteroatoms. The number of ether oxygens (including phenoxy) is 3. The van der Waals surface area contributed by atoms with Crippen molar-refractivity contribution in [2.45, 2.75) is 32.9 Å². The van der Waals surface area contributed by atoms with Crippen molar-refractivity contribution in [3.63, 3.8) is 0 Å². The zero-order valence-electron chi connectivity index (χ0n) is 14.3. The third kappa shape index (κ3) is 4.14. The first-order valence-electron chi connectivity index (χ1n) is 7.59. The van der Waals surface area contributed by atoms with Crippen LogP contribution in [0, 0.1) is 0 Å². The molecule has 0 aliphatic carbocycles. The third-order valence-corrected chi connectivity index (χ3v) is 4.72. The molecule has 0 fully saturated rings. The van der Waals surface area contributed by atoms with E-state index in [1.165, 1.54) is 5.01 Å². The number of benzene rings is 1. The van der Waals surface area contributed by atoms with Gasteiger partial charge in [0, 0.05) is 18.0 Å². The molecular weight excluding hydrogens is 312 g/mol. The summed E-state index contributed by atoms with van der Waals surface area (Å²) in [5.41, 5.74) is 2.15. The topological polar surface area (TPSA) is 52.6 Å². The predicted octanol–water partition coefficient (Wildman–Crippen LogP) is 3.58. The molecule has 0 saturated heterocycles. The van der Waals surface area contributed by atoms with Crippen molar-refractivity contribution in [1.82, 2.24) is 10.3 Å². The number of aryl methyl sites for hydroxylation is 1. The van der Waals surface area contributed by atoms with Crippen molar-refractivity contribution in [3.05, 3.63) is 33.8 Å². The molecule has 2 rings (SSSR count). The van der Waals surface area contributed by atoms with Crippen LogP contribution in [-0.4, -0.2) is 26.3 Å². The van der Waals surface area contributed by atoms with Crippen molar-refractivity contribution in [2.75, 3.05) is 21.3 Å². The van der Waals surface area contributed by atoms with Gasteiger partial charge in [0.15, 0.2) is 11.5 Å². The lowest BCUT2D eigenvalue weighted by Crippen LogP contribution is -2.18.